The van der Waals surface area contributed by atoms with Crippen molar-refractivity contribution < 1.29 is 19.5 Å². The average molecular weight is 320 g/mol. The maximum absolute atomic E-state index is 12.0. The van der Waals surface area contributed by atoms with Crippen molar-refractivity contribution in [3.8, 4) is 0 Å². The maximum Gasteiger partial charge on any atom is 0.326 e. The summed E-state index contributed by atoms with van der Waals surface area (Å²) in [4.78, 5) is 34.4. The van der Waals surface area contributed by atoms with Crippen molar-refractivity contribution in [2.75, 3.05) is 0 Å². The molecule has 6 heteroatoms. The smallest absolute Gasteiger partial charge is 0.326 e. The van der Waals surface area contributed by atoms with Crippen molar-refractivity contribution in [2.24, 2.45) is 0 Å². The molecule has 1 rings (SSSR count). The van der Waals surface area contributed by atoms with Gasteiger partial charge >= 0.3 is 5.97 Å². The molecular formula is C17H24N2O4. The van der Waals surface area contributed by atoms with Gasteiger partial charge in [0.15, 0.2) is 0 Å². The predicted molar refractivity (Wildman–Crippen MR) is 87.0 cm³/mol. The van der Waals surface area contributed by atoms with Gasteiger partial charge in [-0.15, -0.1) is 0 Å². The molecule has 3 N–H and O–H groups in total. The first-order chi connectivity index (χ1) is 11.0. The molecular weight excluding hydrogens is 296 g/mol. The first-order valence-electron chi connectivity index (χ1n) is 7.87. The molecule has 0 bridgehead atoms. The van der Waals surface area contributed by atoms with Crippen LogP contribution in [-0.4, -0.2) is 28.9 Å². The molecule has 6 nitrogen and oxygen atoms in total. The van der Waals surface area contributed by atoms with Gasteiger partial charge in [0.25, 0.3) is 5.91 Å². The summed E-state index contributed by atoms with van der Waals surface area (Å²) in [5.41, 5.74) is 1.28. The van der Waals surface area contributed by atoms with Gasteiger partial charge in [-0.25, -0.2) is 4.79 Å². The van der Waals surface area contributed by atoms with Crippen LogP contribution in [0.15, 0.2) is 24.3 Å². The summed E-state index contributed by atoms with van der Waals surface area (Å²) in [5.74, 6) is -1.45. The van der Waals surface area contributed by atoms with Gasteiger partial charge in [-0.3, -0.25) is 9.59 Å². The topological polar surface area (TPSA) is 95.5 Å². The van der Waals surface area contributed by atoms with Gasteiger partial charge in [0.1, 0.15) is 6.04 Å². The monoisotopic (exact) mass is 320 g/mol. The average Bonchev–Trinajstić information content (AvgIpc) is 2.55. The second-order valence-electron chi connectivity index (χ2n) is 5.35. The number of carbonyl (C=O) groups excluding carboxylic acids is 2. The molecule has 1 aromatic rings. The fourth-order valence-electron chi connectivity index (χ4n) is 1.98. The van der Waals surface area contributed by atoms with Gasteiger partial charge in [0.05, 0.1) is 0 Å². The van der Waals surface area contributed by atoms with E-state index in [2.05, 4.69) is 10.6 Å². The third-order valence-electron chi connectivity index (χ3n) is 3.47. The van der Waals surface area contributed by atoms with Gasteiger partial charge in [-0.1, -0.05) is 32.4 Å². The Labute approximate surface area is 136 Å². The fraction of sp³-hybridized carbons (Fsp3) is 0.471. The lowest BCUT2D eigenvalue weighted by atomic mass is 10.1. The van der Waals surface area contributed by atoms with Crippen LogP contribution in [0.1, 0.15) is 55.5 Å². The van der Waals surface area contributed by atoms with E-state index < -0.39 is 17.9 Å². The number of carbonyl (C=O) groups is 3. The minimum atomic E-state index is -1.05. The van der Waals surface area contributed by atoms with Crippen LogP contribution in [0.4, 0.5) is 0 Å². The Hall–Kier alpha value is -2.37. The van der Waals surface area contributed by atoms with E-state index in [1.807, 2.05) is 6.92 Å². The number of hydrogen-bond acceptors (Lipinski definition) is 3. The Kier molecular flexibility index (Phi) is 7.80. The summed E-state index contributed by atoms with van der Waals surface area (Å²) >= 11 is 0. The lowest BCUT2D eigenvalue weighted by molar-refractivity contribution is -0.139. The molecule has 0 aliphatic heterocycles. The minimum Gasteiger partial charge on any atom is -0.480 e. The van der Waals surface area contributed by atoms with Crippen LogP contribution in [-0.2, 0) is 16.1 Å². The Morgan fingerprint density at radius 2 is 1.78 bits per heavy atom. The Balaban J connectivity index is 2.54. The molecule has 0 aromatic heterocycles. The molecule has 0 aliphatic carbocycles. The number of hydrogen-bond donors (Lipinski definition) is 3. The molecule has 0 heterocycles. The number of amides is 2. The highest BCUT2D eigenvalue weighted by Gasteiger charge is 2.18. The third kappa shape index (κ3) is 6.50. The van der Waals surface area contributed by atoms with Gasteiger partial charge in [0.2, 0.25) is 5.91 Å². The number of nitrogens with one attached hydrogen (secondary N) is 2. The summed E-state index contributed by atoms with van der Waals surface area (Å²) in [6.07, 6.45) is 2.69. The van der Waals surface area contributed by atoms with Crippen molar-refractivity contribution in [3.05, 3.63) is 35.4 Å². The number of carboxylic acids is 1. The molecule has 1 aromatic carbocycles. The van der Waals surface area contributed by atoms with Crippen molar-refractivity contribution in [3.63, 3.8) is 0 Å². The Bertz CT molecular complexity index is 540. The van der Waals surface area contributed by atoms with E-state index in [9.17, 15) is 14.4 Å². The van der Waals surface area contributed by atoms with Crippen molar-refractivity contribution in [2.45, 2.75) is 52.1 Å². The third-order valence-corrected chi connectivity index (χ3v) is 3.47. The lowest BCUT2D eigenvalue weighted by Crippen LogP contribution is -2.40. The molecule has 0 fully saturated rings. The van der Waals surface area contributed by atoms with Crippen LogP contribution in [0.3, 0.4) is 0 Å². The second kappa shape index (κ2) is 9.61. The van der Waals surface area contributed by atoms with Gasteiger partial charge in [-0.05, 0) is 30.5 Å². The molecule has 0 saturated heterocycles. The SMILES string of the molecule is CCCCC(=O)NCc1ccc(C(=O)NC(CC)C(=O)O)cc1. The van der Waals surface area contributed by atoms with Crippen LogP contribution < -0.4 is 10.6 Å². The zero-order chi connectivity index (χ0) is 17.2. The minimum absolute atomic E-state index is 0.0147. The molecule has 0 aliphatic rings. The molecule has 126 valence electrons. The van der Waals surface area contributed by atoms with Crippen LogP contribution in [0.25, 0.3) is 0 Å². The molecule has 0 saturated carbocycles. The standard InChI is InChI=1S/C17H24N2O4/c1-3-5-6-15(20)18-11-12-7-9-13(10-8-12)16(21)19-14(4-2)17(22)23/h7-10,14H,3-6,11H2,1-2H3,(H,18,20)(H,19,21)(H,22,23). The Morgan fingerprint density at radius 3 is 2.30 bits per heavy atom. The van der Waals surface area contributed by atoms with Gasteiger partial charge in [0, 0.05) is 18.5 Å². The number of unbranched alkanes of at least 4 members (excludes halogenated alkanes) is 1. The van der Waals surface area contributed by atoms with Crippen molar-refractivity contribution in [1.29, 1.82) is 0 Å². The second-order valence-corrected chi connectivity index (χ2v) is 5.35. The Morgan fingerprint density at radius 1 is 1.13 bits per heavy atom. The highest BCUT2D eigenvalue weighted by Crippen LogP contribution is 2.06. The number of rotatable bonds is 9. The highest BCUT2D eigenvalue weighted by molar-refractivity contribution is 5.96. The van der Waals surface area contributed by atoms with Gasteiger partial charge in [-0.2, -0.15) is 0 Å². The first-order valence-corrected chi connectivity index (χ1v) is 7.87. The number of aliphatic carboxylic acids is 1. The maximum atomic E-state index is 12.0. The zero-order valence-corrected chi connectivity index (χ0v) is 13.6. The van der Waals surface area contributed by atoms with Gasteiger partial charge < -0.3 is 15.7 Å². The highest BCUT2D eigenvalue weighted by atomic mass is 16.4. The summed E-state index contributed by atoms with van der Waals surface area (Å²) in [5, 5.41) is 14.2. The van der Waals surface area contributed by atoms with E-state index in [-0.39, 0.29) is 5.91 Å². The predicted octanol–water partition coefficient (Wildman–Crippen LogP) is 2.09. The van der Waals surface area contributed by atoms with E-state index in [4.69, 9.17) is 5.11 Å². The summed E-state index contributed by atoms with van der Waals surface area (Å²) in [6.45, 7) is 4.14. The fourth-order valence-corrected chi connectivity index (χ4v) is 1.98. The number of carboxylic acid groups (broad SMARTS) is 1. The summed E-state index contributed by atoms with van der Waals surface area (Å²) in [6, 6.07) is 5.85. The van der Waals surface area contributed by atoms with Crippen molar-refractivity contribution >= 4 is 17.8 Å². The molecule has 0 radical (unpaired) electrons. The number of benzene rings is 1. The molecule has 1 unspecified atom stereocenters. The molecule has 23 heavy (non-hydrogen) atoms. The van der Waals surface area contributed by atoms with E-state index in [0.717, 1.165) is 18.4 Å². The summed E-state index contributed by atoms with van der Waals surface area (Å²) < 4.78 is 0. The molecule has 1 atom stereocenters. The zero-order valence-electron chi connectivity index (χ0n) is 13.6. The van der Waals surface area contributed by atoms with Crippen LogP contribution >= 0.6 is 0 Å². The first kappa shape index (κ1) is 18.7. The summed E-state index contributed by atoms with van der Waals surface area (Å²) in [7, 11) is 0. The lowest BCUT2D eigenvalue weighted by Gasteiger charge is -2.12. The van der Waals surface area contributed by atoms with E-state index >= 15 is 0 Å². The van der Waals surface area contributed by atoms with Crippen LogP contribution in [0, 0.1) is 0 Å². The van der Waals surface area contributed by atoms with E-state index in [1.54, 1.807) is 31.2 Å². The van der Waals surface area contributed by atoms with Crippen LogP contribution in [0.2, 0.25) is 0 Å². The van der Waals surface area contributed by atoms with E-state index in [0.29, 0.717) is 24.9 Å². The quantitative estimate of drug-likeness (QED) is 0.649. The van der Waals surface area contributed by atoms with E-state index in [1.165, 1.54) is 0 Å². The van der Waals surface area contributed by atoms with Crippen molar-refractivity contribution in [1.82, 2.24) is 10.6 Å². The normalized spacial score (nSPS) is 11.6. The molecule has 2 amide bonds. The molecule has 0 spiro atoms. The van der Waals surface area contributed by atoms with Crippen LogP contribution in [0.5, 0.6) is 0 Å². The largest absolute Gasteiger partial charge is 0.480 e.